The van der Waals surface area contributed by atoms with Crippen LogP contribution in [0.1, 0.15) is 0 Å². The lowest BCUT2D eigenvalue weighted by Gasteiger charge is -2.60. The Labute approximate surface area is 161 Å². The van der Waals surface area contributed by atoms with E-state index in [0.717, 1.165) is 54.9 Å². The lowest BCUT2D eigenvalue weighted by atomic mass is 9.73. The quantitative estimate of drug-likeness (QED) is 0.753. The summed E-state index contributed by atoms with van der Waals surface area (Å²) in [5.41, 5.74) is 1.20. The summed E-state index contributed by atoms with van der Waals surface area (Å²) in [5.74, 6) is 1.82. The van der Waals surface area contributed by atoms with Crippen molar-refractivity contribution in [2.45, 2.75) is 4.90 Å². The zero-order valence-electron chi connectivity index (χ0n) is 14.1. The minimum atomic E-state index is 0.109. The second kappa shape index (κ2) is 6.03. The van der Waals surface area contributed by atoms with Gasteiger partial charge in [-0.15, -0.1) is 16.9 Å². The summed E-state index contributed by atoms with van der Waals surface area (Å²) in [6.45, 7) is 4.26. The van der Waals surface area contributed by atoms with Crippen molar-refractivity contribution in [2.75, 3.05) is 48.3 Å². The van der Waals surface area contributed by atoms with Crippen molar-refractivity contribution >= 4 is 40.9 Å². The van der Waals surface area contributed by atoms with Crippen LogP contribution < -0.4 is 9.80 Å². The van der Waals surface area contributed by atoms with Gasteiger partial charge in [-0.1, -0.05) is 11.6 Å². The molecule has 0 unspecified atom stereocenters. The van der Waals surface area contributed by atoms with Crippen LogP contribution in [-0.2, 0) is 0 Å². The first-order valence-corrected chi connectivity index (χ1v) is 10.0. The van der Waals surface area contributed by atoms with E-state index < -0.39 is 0 Å². The number of rotatable bonds is 1. The van der Waals surface area contributed by atoms with Gasteiger partial charge in [0.1, 0.15) is 0 Å². The molecule has 3 aliphatic rings. The van der Waals surface area contributed by atoms with Crippen molar-refractivity contribution in [1.82, 2.24) is 15.1 Å². The van der Waals surface area contributed by atoms with Crippen LogP contribution in [0.25, 0.3) is 0 Å². The molecule has 0 saturated carbocycles. The SMILES string of the molecule is O=C(N1CC2(C1)CN(c1cccnn1)C2)N1CCSc2cc(Cl)ccc21. The molecule has 3 aliphatic heterocycles. The number of amides is 2. The van der Waals surface area contributed by atoms with Crippen LogP contribution in [0.15, 0.2) is 41.4 Å². The van der Waals surface area contributed by atoms with Gasteiger partial charge in [0, 0.05) is 60.0 Å². The van der Waals surface area contributed by atoms with Crippen molar-refractivity contribution in [3.05, 3.63) is 41.6 Å². The van der Waals surface area contributed by atoms with E-state index in [-0.39, 0.29) is 11.4 Å². The van der Waals surface area contributed by atoms with Gasteiger partial charge in [0.2, 0.25) is 0 Å². The molecule has 2 amide bonds. The van der Waals surface area contributed by atoms with E-state index in [1.54, 1.807) is 18.0 Å². The van der Waals surface area contributed by atoms with Crippen LogP contribution in [0.4, 0.5) is 16.3 Å². The molecule has 1 aromatic heterocycles. The number of thioether (sulfide) groups is 1. The van der Waals surface area contributed by atoms with Crippen molar-refractivity contribution < 1.29 is 4.79 Å². The Hall–Kier alpha value is -1.99. The highest BCUT2D eigenvalue weighted by Crippen LogP contribution is 2.43. The number of likely N-dealkylation sites (tertiary alicyclic amines) is 1. The monoisotopic (exact) mass is 387 g/mol. The Kier molecular flexibility index (Phi) is 3.76. The Morgan fingerprint density at radius 1 is 1.19 bits per heavy atom. The predicted molar refractivity (Wildman–Crippen MR) is 103 cm³/mol. The van der Waals surface area contributed by atoms with Crippen LogP contribution in [0, 0.1) is 5.41 Å². The number of carbonyl (C=O) groups is 1. The van der Waals surface area contributed by atoms with Gasteiger partial charge < -0.3 is 9.80 Å². The van der Waals surface area contributed by atoms with Crippen molar-refractivity contribution in [1.29, 1.82) is 0 Å². The van der Waals surface area contributed by atoms with Crippen molar-refractivity contribution in [2.24, 2.45) is 5.41 Å². The molecule has 1 spiro atoms. The molecule has 2 aromatic rings. The van der Waals surface area contributed by atoms with Gasteiger partial charge in [-0.25, -0.2) is 4.79 Å². The normalized spacial score (nSPS) is 20.4. The highest BCUT2D eigenvalue weighted by atomic mass is 35.5. The van der Waals surface area contributed by atoms with E-state index in [2.05, 4.69) is 15.1 Å². The fourth-order valence-electron chi connectivity index (χ4n) is 4.05. The number of hydrogen-bond donors (Lipinski definition) is 0. The number of fused-ring (bicyclic) bond motifs is 1. The zero-order valence-corrected chi connectivity index (χ0v) is 15.7. The zero-order chi connectivity index (χ0) is 17.7. The fraction of sp³-hybridized carbons (Fsp3) is 0.389. The Morgan fingerprint density at radius 2 is 2.04 bits per heavy atom. The maximum Gasteiger partial charge on any atom is 0.324 e. The molecule has 5 rings (SSSR count). The first kappa shape index (κ1) is 16.2. The van der Waals surface area contributed by atoms with E-state index >= 15 is 0 Å². The molecule has 2 fully saturated rings. The number of halogens is 1. The summed E-state index contributed by atoms with van der Waals surface area (Å²) in [4.78, 5) is 20.2. The third-order valence-corrected chi connectivity index (χ3v) is 6.53. The number of anilines is 2. The fourth-order valence-corrected chi connectivity index (χ4v) is 5.32. The molecule has 0 bridgehead atoms. The summed E-state index contributed by atoms with van der Waals surface area (Å²) in [6.07, 6.45) is 1.69. The molecule has 26 heavy (non-hydrogen) atoms. The maximum absolute atomic E-state index is 13.0. The molecule has 0 N–H and O–H groups in total. The van der Waals surface area contributed by atoms with Crippen LogP contribution in [-0.4, -0.2) is 59.6 Å². The average molecular weight is 388 g/mol. The van der Waals surface area contributed by atoms with Gasteiger partial charge >= 0.3 is 6.03 Å². The van der Waals surface area contributed by atoms with Crippen molar-refractivity contribution in [3.63, 3.8) is 0 Å². The highest BCUT2D eigenvalue weighted by molar-refractivity contribution is 7.99. The first-order valence-electron chi connectivity index (χ1n) is 8.65. The Balaban J connectivity index is 1.24. The predicted octanol–water partition coefficient (Wildman–Crippen LogP) is 2.98. The second-order valence-electron chi connectivity index (χ2n) is 7.19. The molecule has 6 nitrogen and oxygen atoms in total. The summed E-state index contributed by atoms with van der Waals surface area (Å²) in [6, 6.07) is 9.75. The van der Waals surface area contributed by atoms with Crippen LogP contribution >= 0.6 is 23.4 Å². The largest absolute Gasteiger partial charge is 0.354 e. The van der Waals surface area contributed by atoms with Gasteiger partial charge in [-0.2, -0.15) is 5.10 Å². The summed E-state index contributed by atoms with van der Waals surface area (Å²) in [5, 5.41) is 8.81. The van der Waals surface area contributed by atoms with Gasteiger partial charge in [-0.3, -0.25) is 4.90 Å². The molecule has 4 heterocycles. The first-order chi connectivity index (χ1) is 12.6. The number of carbonyl (C=O) groups excluding carboxylic acids is 1. The molecule has 2 saturated heterocycles. The molecule has 1 aromatic carbocycles. The number of nitrogens with zero attached hydrogens (tertiary/aromatic N) is 5. The smallest absolute Gasteiger partial charge is 0.324 e. The molecule has 0 atom stereocenters. The maximum atomic E-state index is 13.0. The molecule has 8 heteroatoms. The minimum absolute atomic E-state index is 0.109. The topological polar surface area (TPSA) is 52.6 Å². The van der Waals surface area contributed by atoms with E-state index in [1.807, 2.05) is 40.1 Å². The lowest BCUT2D eigenvalue weighted by molar-refractivity contribution is 0.00962. The van der Waals surface area contributed by atoms with Crippen molar-refractivity contribution in [3.8, 4) is 0 Å². The molecular weight excluding hydrogens is 370 g/mol. The standard InChI is InChI=1S/C18H18ClN5OS/c19-13-3-4-14-15(8-13)26-7-6-24(14)17(25)23-11-18(12-23)9-22(10-18)16-2-1-5-20-21-16/h1-5,8H,6-7,9-12H2. The Morgan fingerprint density at radius 3 is 2.81 bits per heavy atom. The van der Waals surface area contributed by atoms with Gasteiger partial charge in [0.15, 0.2) is 5.82 Å². The average Bonchev–Trinajstić information content (AvgIpc) is 2.59. The summed E-state index contributed by atoms with van der Waals surface area (Å²) < 4.78 is 0. The van der Waals surface area contributed by atoms with E-state index in [1.165, 1.54) is 0 Å². The Bertz CT molecular complexity index is 850. The van der Waals surface area contributed by atoms with Crippen LogP contribution in [0.5, 0.6) is 0 Å². The van der Waals surface area contributed by atoms with E-state index in [9.17, 15) is 4.79 Å². The minimum Gasteiger partial charge on any atom is -0.354 e. The summed E-state index contributed by atoms with van der Waals surface area (Å²) in [7, 11) is 0. The number of hydrogen-bond acceptors (Lipinski definition) is 5. The molecule has 0 radical (unpaired) electrons. The molecule has 134 valence electrons. The highest BCUT2D eigenvalue weighted by Gasteiger charge is 2.54. The van der Waals surface area contributed by atoms with Crippen LogP contribution in [0.2, 0.25) is 5.02 Å². The van der Waals surface area contributed by atoms with Gasteiger partial charge in [0.05, 0.1) is 5.69 Å². The third kappa shape index (κ3) is 2.61. The van der Waals surface area contributed by atoms with Crippen LogP contribution in [0.3, 0.4) is 0 Å². The van der Waals surface area contributed by atoms with Gasteiger partial charge in [-0.05, 0) is 30.3 Å². The van der Waals surface area contributed by atoms with E-state index in [4.69, 9.17) is 11.6 Å². The van der Waals surface area contributed by atoms with E-state index in [0.29, 0.717) is 5.02 Å². The number of urea groups is 1. The molecule has 0 aliphatic carbocycles. The summed E-state index contributed by atoms with van der Waals surface area (Å²) >= 11 is 7.85. The third-order valence-electron chi connectivity index (χ3n) is 5.27. The lowest BCUT2D eigenvalue weighted by Crippen LogP contribution is -2.74. The number of aromatic nitrogens is 2. The van der Waals surface area contributed by atoms with Gasteiger partial charge in [0.25, 0.3) is 0 Å². The second-order valence-corrected chi connectivity index (χ2v) is 8.76. The molecular formula is C18H18ClN5OS. The number of benzene rings is 1.